The van der Waals surface area contributed by atoms with Crippen molar-refractivity contribution in [2.45, 2.75) is 32.1 Å². The van der Waals surface area contributed by atoms with Crippen LogP contribution in [0.25, 0.3) is 0 Å². The lowest BCUT2D eigenvalue weighted by Crippen LogP contribution is -2.15. The van der Waals surface area contributed by atoms with Gasteiger partial charge in [0.15, 0.2) is 0 Å². The van der Waals surface area contributed by atoms with Crippen LogP contribution in [0.1, 0.15) is 32.1 Å². The molecule has 0 amide bonds. The van der Waals surface area contributed by atoms with Crippen LogP contribution in [0, 0.1) is 50.7 Å². The number of allylic oxidation sites excluding steroid dienone is 2. The van der Waals surface area contributed by atoms with E-state index in [1.54, 1.807) is 12.2 Å². The quantitative estimate of drug-likeness (QED) is 0.632. The highest BCUT2D eigenvalue weighted by atomic mass is 14.4. The Morgan fingerprint density at radius 2 is 1.44 bits per heavy atom. The first-order valence-corrected chi connectivity index (χ1v) is 4.94. The molecular weight excluding hydrogens is 200 g/mol. The van der Waals surface area contributed by atoms with Crippen molar-refractivity contribution < 1.29 is 0 Å². The molecule has 4 nitrogen and oxygen atoms in total. The van der Waals surface area contributed by atoms with E-state index in [-0.39, 0.29) is 19.3 Å². The Morgan fingerprint density at radius 3 is 1.81 bits per heavy atom. The van der Waals surface area contributed by atoms with E-state index in [4.69, 9.17) is 21.0 Å². The van der Waals surface area contributed by atoms with E-state index in [9.17, 15) is 0 Å². The van der Waals surface area contributed by atoms with Crippen LogP contribution in [0.5, 0.6) is 0 Å². The molecule has 0 atom stereocenters. The Hall–Kier alpha value is -2.30. The number of hydrogen-bond donors (Lipinski definition) is 0. The fraction of sp³-hybridized carbons (Fsp3) is 0.500. The maximum atomic E-state index is 9.13. The molecule has 80 valence electrons. The van der Waals surface area contributed by atoms with E-state index >= 15 is 0 Å². The minimum absolute atomic E-state index is 0.239. The zero-order valence-corrected chi connectivity index (χ0v) is 8.98. The molecule has 0 saturated heterocycles. The molecule has 0 radical (unpaired) electrons. The minimum Gasteiger partial charge on any atom is -0.198 e. The number of rotatable bonds is 6. The van der Waals surface area contributed by atoms with Crippen LogP contribution in [-0.2, 0) is 0 Å². The molecule has 0 fully saturated rings. The molecule has 0 saturated carbocycles. The van der Waals surface area contributed by atoms with Gasteiger partial charge in [0.05, 0.1) is 36.1 Å². The third-order valence-electron chi connectivity index (χ3n) is 2.23. The van der Waals surface area contributed by atoms with Crippen LogP contribution in [0.2, 0.25) is 0 Å². The molecule has 0 bridgehead atoms. The summed E-state index contributed by atoms with van der Waals surface area (Å²) in [5.74, 6) is 0. The van der Waals surface area contributed by atoms with Gasteiger partial charge in [0.1, 0.15) is 0 Å². The van der Waals surface area contributed by atoms with E-state index in [1.165, 1.54) is 0 Å². The Bertz CT molecular complexity index is 377. The topological polar surface area (TPSA) is 95.2 Å². The summed E-state index contributed by atoms with van der Waals surface area (Å²) < 4.78 is 0. The van der Waals surface area contributed by atoms with Gasteiger partial charge >= 0.3 is 0 Å². The predicted molar refractivity (Wildman–Crippen MR) is 57.1 cm³/mol. The number of nitrogens with zero attached hydrogens (tertiary/aromatic N) is 4. The third kappa shape index (κ3) is 4.80. The van der Waals surface area contributed by atoms with Crippen LogP contribution in [-0.4, -0.2) is 0 Å². The summed E-state index contributed by atoms with van der Waals surface area (Å²) in [6.07, 6.45) is 4.88. The highest BCUT2D eigenvalue weighted by Gasteiger charge is 2.25. The van der Waals surface area contributed by atoms with Crippen LogP contribution >= 0.6 is 0 Å². The van der Waals surface area contributed by atoms with Crippen molar-refractivity contribution in [3.63, 3.8) is 0 Å². The van der Waals surface area contributed by atoms with Gasteiger partial charge in [-0.1, -0.05) is 12.2 Å². The van der Waals surface area contributed by atoms with Gasteiger partial charge in [-0.15, -0.1) is 0 Å². The third-order valence-corrected chi connectivity index (χ3v) is 2.23. The van der Waals surface area contributed by atoms with Crippen LogP contribution in [0.15, 0.2) is 12.2 Å². The van der Waals surface area contributed by atoms with Gasteiger partial charge in [-0.3, -0.25) is 0 Å². The number of hydrogen-bond acceptors (Lipinski definition) is 4. The molecule has 0 aromatic heterocycles. The monoisotopic (exact) mass is 212 g/mol. The fourth-order valence-electron chi connectivity index (χ4n) is 1.34. The molecule has 0 aliphatic carbocycles. The first kappa shape index (κ1) is 13.7. The zero-order valence-electron chi connectivity index (χ0n) is 8.98. The normalized spacial score (nSPS) is 10.0. The van der Waals surface area contributed by atoms with Crippen molar-refractivity contribution in [2.24, 2.45) is 5.41 Å². The van der Waals surface area contributed by atoms with Crippen LogP contribution in [0.3, 0.4) is 0 Å². The second-order valence-electron chi connectivity index (χ2n) is 3.35. The highest BCUT2D eigenvalue weighted by molar-refractivity contribution is 5.14. The molecule has 0 heterocycles. The van der Waals surface area contributed by atoms with Crippen LogP contribution < -0.4 is 0 Å². The first-order valence-electron chi connectivity index (χ1n) is 4.94. The molecule has 16 heavy (non-hydrogen) atoms. The van der Waals surface area contributed by atoms with Crippen molar-refractivity contribution in [2.75, 3.05) is 0 Å². The molecule has 0 N–H and O–H groups in total. The molecule has 0 aromatic carbocycles. The van der Waals surface area contributed by atoms with E-state index in [1.807, 2.05) is 18.2 Å². The predicted octanol–water partition coefficient (Wildman–Crippen LogP) is 2.57. The summed E-state index contributed by atoms with van der Waals surface area (Å²) in [6, 6.07) is 8.08. The Kier molecular flexibility index (Phi) is 6.89. The van der Waals surface area contributed by atoms with E-state index in [0.717, 1.165) is 0 Å². The highest BCUT2D eigenvalue weighted by Crippen LogP contribution is 2.30. The molecule has 0 aliphatic rings. The molecule has 0 rings (SSSR count). The minimum atomic E-state index is -0.775. The summed E-state index contributed by atoms with van der Waals surface area (Å²) in [5, 5.41) is 34.6. The smallest absolute Gasteiger partial charge is 0.0773 e. The molecule has 4 heteroatoms. The summed E-state index contributed by atoms with van der Waals surface area (Å²) in [6.45, 7) is 0. The molecular formula is C12H12N4. The summed E-state index contributed by atoms with van der Waals surface area (Å²) >= 11 is 0. The van der Waals surface area contributed by atoms with Crippen molar-refractivity contribution in [3.8, 4) is 24.3 Å². The van der Waals surface area contributed by atoms with E-state index in [0.29, 0.717) is 12.8 Å². The molecule has 0 aliphatic heterocycles. The molecule has 0 unspecified atom stereocenters. The first-order chi connectivity index (χ1) is 7.74. The second kappa shape index (κ2) is 8.05. The van der Waals surface area contributed by atoms with Gasteiger partial charge in [0.2, 0.25) is 0 Å². The van der Waals surface area contributed by atoms with Gasteiger partial charge in [-0.2, -0.15) is 21.0 Å². The zero-order chi connectivity index (χ0) is 12.3. The van der Waals surface area contributed by atoms with E-state index in [2.05, 4.69) is 6.07 Å². The van der Waals surface area contributed by atoms with Gasteiger partial charge in [-0.25, -0.2) is 0 Å². The number of nitriles is 4. The van der Waals surface area contributed by atoms with Gasteiger partial charge < -0.3 is 0 Å². The average molecular weight is 212 g/mol. The fourth-order valence-corrected chi connectivity index (χ4v) is 1.34. The van der Waals surface area contributed by atoms with Gasteiger partial charge in [-0.05, 0) is 12.8 Å². The SMILES string of the molecule is N#CC/C=C/C(C#N)(CCC#N)CCC#N. The van der Waals surface area contributed by atoms with Crippen molar-refractivity contribution in [1.82, 2.24) is 0 Å². The lowest BCUT2D eigenvalue weighted by Gasteiger charge is -2.19. The molecule has 0 spiro atoms. The van der Waals surface area contributed by atoms with Crippen LogP contribution in [0.4, 0.5) is 0 Å². The Labute approximate surface area is 95.6 Å². The Morgan fingerprint density at radius 1 is 0.875 bits per heavy atom. The lowest BCUT2D eigenvalue weighted by molar-refractivity contribution is 0.437. The standard InChI is InChI=1S/C12H12N4/c13-8-2-1-5-12(11-16,6-3-9-14)7-4-10-15/h1,5H,2-4,6-7H2/b5-1+. The maximum Gasteiger partial charge on any atom is 0.0773 e. The lowest BCUT2D eigenvalue weighted by atomic mass is 9.80. The second-order valence-corrected chi connectivity index (χ2v) is 3.35. The maximum absolute atomic E-state index is 9.13. The largest absolute Gasteiger partial charge is 0.198 e. The van der Waals surface area contributed by atoms with Crippen molar-refractivity contribution >= 4 is 0 Å². The average Bonchev–Trinajstić information content (AvgIpc) is 2.32. The summed E-state index contributed by atoms with van der Waals surface area (Å²) in [5.41, 5.74) is -0.775. The van der Waals surface area contributed by atoms with Crippen molar-refractivity contribution in [1.29, 1.82) is 21.0 Å². The van der Waals surface area contributed by atoms with Gasteiger partial charge in [0.25, 0.3) is 0 Å². The summed E-state index contributed by atoms with van der Waals surface area (Å²) in [7, 11) is 0. The van der Waals surface area contributed by atoms with E-state index < -0.39 is 5.41 Å². The molecule has 0 aromatic rings. The Balaban J connectivity index is 4.71. The summed E-state index contributed by atoms with van der Waals surface area (Å²) in [4.78, 5) is 0. The van der Waals surface area contributed by atoms with Gasteiger partial charge in [0, 0.05) is 12.8 Å². The van der Waals surface area contributed by atoms with Crippen molar-refractivity contribution in [3.05, 3.63) is 12.2 Å².